The summed E-state index contributed by atoms with van der Waals surface area (Å²) in [6.07, 6.45) is 1.69. The fourth-order valence-electron chi connectivity index (χ4n) is 1.55. The molecule has 0 atom stereocenters. The van der Waals surface area contributed by atoms with E-state index >= 15 is 0 Å². The third-order valence-corrected chi connectivity index (χ3v) is 2.71. The Morgan fingerprint density at radius 3 is 2.76 bits per heavy atom. The average Bonchev–Trinajstić information content (AvgIpc) is 2.40. The number of pyridine rings is 1. The summed E-state index contributed by atoms with van der Waals surface area (Å²) in [6.45, 7) is 2.39. The van der Waals surface area contributed by atoms with Crippen molar-refractivity contribution in [1.29, 1.82) is 0 Å². The van der Waals surface area contributed by atoms with Crippen LogP contribution in [0.2, 0.25) is 0 Å². The fraction of sp³-hybridized carbons (Fsp3) is 0.250. The average molecular weight is 250 g/mol. The van der Waals surface area contributed by atoms with Crippen molar-refractivity contribution in [3.63, 3.8) is 0 Å². The molecule has 0 spiro atoms. The van der Waals surface area contributed by atoms with E-state index in [9.17, 15) is 4.79 Å². The van der Waals surface area contributed by atoms with Crippen LogP contribution in [-0.4, -0.2) is 14.8 Å². The summed E-state index contributed by atoms with van der Waals surface area (Å²) in [7, 11) is 0. The minimum Gasteiger partial charge on any atom is -0.267 e. The molecule has 2 aromatic rings. The highest BCUT2D eigenvalue weighted by Crippen LogP contribution is 2.13. The summed E-state index contributed by atoms with van der Waals surface area (Å²) in [5, 5.41) is 4.25. The number of rotatable bonds is 3. The molecule has 2 aromatic heterocycles. The Labute approximate surface area is 104 Å². The van der Waals surface area contributed by atoms with Gasteiger partial charge in [0.1, 0.15) is 5.69 Å². The first-order valence-corrected chi connectivity index (χ1v) is 5.88. The molecule has 0 saturated heterocycles. The van der Waals surface area contributed by atoms with Gasteiger partial charge in [0, 0.05) is 18.3 Å². The lowest BCUT2D eigenvalue weighted by atomic mass is 10.2. The van der Waals surface area contributed by atoms with Crippen molar-refractivity contribution in [2.75, 3.05) is 0 Å². The molecule has 2 rings (SSSR count). The Kier molecular flexibility index (Phi) is 3.54. The molecular weight excluding hydrogens is 238 g/mol. The second-order valence-electron chi connectivity index (χ2n) is 3.52. The Balaban J connectivity index is 2.60. The minimum absolute atomic E-state index is 0.137. The van der Waals surface area contributed by atoms with Gasteiger partial charge in [0.05, 0.1) is 11.6 Å². The van der Waals surface area contributed by atoms with E-state index in [-0.39, 0.29) is 11.4 Å². The van der Waals surface area contributed by atoms with Gasteiger partial charge < -0.3 is 0 Å². The van der Waals surface area contributed by atoms with Crippen molar-refractivity contribution in [2.24, 2.45) is 0 Å². The number of aromatic nitrogens is 3. The lowest BCUT2D eigenvalue weighted by Gasteiger charge is -2.06. The zero-order valence-electron chi connectivity index (χ0n) is 9.43. The molecule has 4 nitrogen and oxygen atoms in total. The van der Waals surface area contributed by atoms with Crippen LogP contribution in [0.3, 0.4) is 0 Å². The van der Waals surface area contributed by atoms with Gasteiger partial charge >= 0.3 is 0 Å². The van der Waals surface area contributed by atoms with Crippen LogP contribution >= 0.6 is 11.6 Å². The number of nitrogens with zero attached hydrogens (tertiary/aromatic N) is 3. The predicted octanol–water partition coefficient (Wildman–Crippen LogP) is 2.06. The Bertz CT molecular complexity index is 537. The summed E-state index contributed by atoms with van der Waals surface area (Å²) < 4.78 is 1.40. The van der Waals surface area contributed by atoms with Crippen LogP contribution < -0.4 is 5.56 Å². The Morgan fingerprint density at radius 1 is 1.35 bits per heavy atom. The van der Waals surface area contributed by atoms with Gasteiger partial charge in [-0.3, -0.25) is 9.78 Å². The topological polar surface area (TPSA) is 47.8 Å². The van der Waals surface area contributed by atoms with Crippen LogP contribution in [0.5, 0.6) is 0 Å². The monoisotopic (exact) mass is 249 g/mol. The van der Waals surface area contributed by atoms with Crippen LogP contribution in [0.1, 0.15) is 12.5 Å². The molecule has 0 unspecified atom stereocenters. The van der Waals surface area contributed by atoms with E-state index in [0.29, 0.717) is 17.8 Å². The van der Waals surface area contributed by atoms with Gasteiger partial charge in [0.2, 0.25) is 0 Å². The van der Waals surface area contributed by atoms with Crippen molar-refractivity contribution in [2.45, 2.75) is 19.3 Å². The largest absolute Gasteiger partial charge is 0.271 e. The first kappa shape index (κ1) is 11.8. The van der Waals surface area contributed by atoms with E-state index in [4.69, 9.17) is 11.6 Å². The zero-order chi connectivity index (χ0) is 12.3. The molecule has 0 aliphatic rings. The molecule has 17 heavy (non-hydrogen) atoms. The predicted molar refractivity (Wildman–Crippen MR) is 67.0 cm³/mol. The van der Waals surface area contributed by atoms with E-state index in [0.717, 1.165) is 5.69 Å². The third kappa shape index (κ3) is 2.36. The van der Waals surface area contributed by atoms with Crippen molar-refractivity contribution >= 4 is 11.6 Å². The van der Waals surface area contributed by atoms with Gasteiger partial charge in [0.15, 0.2) is 0 Å². The second kappa shape index (κ2) is 5.10. The van der Waals surface area contributed by atoms with Gasteiger partial charge in [-0.25, -0.2) is 4.68 Å². The first-order valence-electron chi connectivity index (χ1n) is 5.34. The van der Waals surface area contributed by atoms with Crippen LogP contribution in [0.25, 0.3) is 11.4 Å². The summed E-state index contributed by atoms with van der Waals surface area (Å²) >= 11 is 5.76. The second-order valence-corrected chi connectivity index (χ2v) is 3.79. The van der Waals surface area contributed by atoms with Gasteiger partial charge in [-0.05, 0) is 25.1 Å². The van der Waals surface area contributed by atoms with Gasteiger partial charge in [0.25, 0.3) is 5.56 Å². The summed E-state index contributed by atoms with van der Waals surface area (Å²) in [5.74, 6) is 0.182. The van der Waals surface area contributed by atoms with E-state index in [1.54, 1.807) is 12.3 Å². The van der Waals surface area contributed by atoms with E-state index in [1.165, 1.54) is 4.68 Å². The van der Waals surface area contributed by atoms with E-state index in [1.807, 2.05) is 25.1 Å². The molecule has 5 heteroatoms. The van der Waals surface area contributed by atoms with Crippen LogP contribution in [-0.2, 0) is 12.4 Å². The third-order valence-electron chi connectivity index (χ3n) is 2.42. The molecular formula is C12H12ClN3O. The normalized spacial score (nSPS) is 10.5. The van der Waals surface area contributed by atoms with Crippen molar-refractivity contribution in [3.8, 4) is 11.4 Å². The highest BCUT2D eigenvalue weighted by atomic mass is 35.5. The van der Waals surface area contributed by atoms with Gasteiger partial charge in [-0.2, -0.15) is 5.10 Å². The summed E-state index contributed by atoms with van der Waals surface area (Å²) in [4.78, 5) is 16.0. The van der Waals surface area contributed by atoms with E-state index in [2.05, 4.69) is 10.1 Å². The molecule has 0 N–H and O–H groups in total. The molecule has 2 heterocycles. The molecule has 0 aliphatic heterocycles. The van der Waals surface area contributed by atoms with Crippen molar-refractivity contribution in [3.05, 3.63) is 46.4 Å². The molecule has 0 fully saturated rings. The molecule has 0 saturated carbocycles. The summed E-state index contributed by atoms with van der Waals surface area (Å²) in [6, 6.07) is 7.27. The standard InChI is InChI=1S/C12H12ClN3O/c1-2-16-12(17)9(8-13)7-11(15-16)10-5-3-4-6-14-10/h3-7H,2,8H2,1H3. The SMILES string of the molecule is CCn1nc(-c2ccccn2)cc(CCl)c1=O. The number of aryl methyl sites for hydroxylation is 1. The first-order chi connectivity index (χ1) is 8.26. The van der Waals surface area contributed by atoms with Crippen molar-refractivity contribution < 1.29 is 0 Å². The quantitative estimate of drug-likeness (QED) is 0.783. The zero-order valence-corrected chi connectivity index (χ0v) is 10.2. The van der Waals surface area contributed by atoms with Crippen LogP contribution in [0, 0.1) is 0 Å². The Morgan fingerprint density at radius 2 is 2.18 bits per heavy atom. The maximum absolute atomic E-state index is 11.8. The van der Waals surface area contributed by atoms with Gasteiger partial charge in [-0.1, -0.05) is 6.07 Å². The molecule has 0 aromatic carbocycles. The van der Waals surface area contributed by atoms with Crippen LogP contribution in [0.15, 0.2) is 35.3 Å². The highest BCUT2D eigenvalue weighted by molar-refractivity contribution is 6.17. The van der Waals surface area contributed by atoms with Crippen molar-refractivity contribution in [1.82, 2.24) is 14.8 Å². The number of hydrogen-bond donors (Lipinski definition) is 0. The number of halogens is 1. The molecule has 0 radical (unpaired) electrons. The maximum Gasteiger partial charge on any atom is 0.271 e. The van der Waals surface area contributed by atoms with Gasteiger partial charge in [-0.15, -0.1) is 11.6 Å². The van der Waals surface area contributed by atoms with E-state index < -0.39 is 0 Å². The summed E-state index contributed by atoms with van der Waals surface area (Å²) in [5.41, 5.74) is 1.81. The lowest BCUT2D eigenvalue weighted by Crippen LogP contribution is -2.25. The molecule has 0 bridgehead atoms. The lowest BCUT2D eigenvalue weighted by molar-refractivity contribution is 0.613. The van der Waals surface area contributed by atoms with Crippen LogP contribution in [0.4, 0.5) is 0 Å². The fourth-order valence-corrected chi connectivity index (χ4v) is 1.74. The molecule has 0 amide bonds. The smallest absolute Gasteiger partial charge is 0.267 e. The Hall–Kier alpha value is -1.68. The molecule has 0 aliphatic carbocycles. The molecule has 88 valence electrons. The maximum atomic E-state index is 11.8. The number of hydrogen-bond acceptors (Lipinski definition) is 3. The number of alkyl halides is 1. The minimum atomic E-state index is -0.137. The highest BCUT2D eigenvalue weighted by Gasteiger charge is 2.08.